The Kier molecular flexibility index (Phi) is 3.62. The van der Waals surface area contributed by atoms with Crippen LogP contribution in [0.4, 0.5) is 11.4 Å². The van der Waals surface area contributed by atoms with E-state index in [0.29, 0.717) is 10.7 Å². The largest absolute Gasteiger partial charge is 0.464 e. The van der Waals surface area contributed by atoms with Gasteiger partial charge in [0.15, 0.2) is 5.71 Å². The molecule has 5 heteroatoms. The van der Waals surface area contributed by atoms with Gasteiger partial charge < -0.3 is 10.1 Å². The molecule has 2 aromatic carbocycles. The molecule has 1 heterocycles. The molecule has 1 unspecified atom stereocenters. The van der Waals surface area contributed by atoms with Gasteiger partial charge in [-0.15, -0.1) is 0 Å². The highest BCUT2D eigenvalue weighted by Crippen LogP contribution is 2.35. The Hall–Kier alpha value is -2.33. The Balaban J connectivity index is 2.07. The summed E-state index contributed by atoms with van der Waals surface area (Å²) in [6, 6.07) is 14.5. The van der Waals surface area contributed by atoms with Crippen LogP contribution in [0.1, 0.15) is 11.6 Å². The second-order valence-electron chi connectivity index (χ2n) is 4.63. The van der Waals surface area contributed by atoms with Gasteiger partial charge in [0.25, 0.3) is 0 Å². The van der Waals surface area contributed by atoms with Crippen molar-refractivity contribution in [2.45, 2.75) is 6.04 Å². The number of esters is 1. The second-order valence-corrected chi connectivity index (χ2v) is 5.07. The molecular weight excluding hydrogens is 288 g/mol. The summed E-state index contributed by atoms with van der Waals surface area (Å²) in [7, 11) is 1.35. The highest BCUT2D eigenvalue weighted by molar-refractivity contribution is 6.40. The first-order valence-corrected chi connectivity index (χ1v) is 6.85. The van der Waals surface area contributed by atoms with Gasteiger partial charge in [0.1, 0.15) is 6.04 Å². The quantitative estimate of drug-likeness (QED) is 0.859. The summed E-state index contributed by atoms with van der Waals surface area (Å²) in [5.41, 5.74) is 2.84. The van der Waals surface area contributed by atoms with E-state index in [-0.39, 0.29) is 6.04 Å². The Morgan fingerprint density at radius 2 is 1.90 bits per heavy atom. The number of hydrogen-bond acceptors (Lipinski definition) is 4. The first-order chi connectivity index (χ1) is 10.2. The van der Waals surface area contributed by atoms with Gasteiger partial charge in [0.05, 0.1) is 18.5 Å². The van der Waals surface area contributed by atoms with Crippen LogP contribution in [0, 0.1) is 0 Å². The number of nitrogens with zero attached hydrogens (tertiary/aromatic N) is 1. The predicted molar refractivity (Wildman–Crippen MR) is 83.4 cm³/mol. The summed E-state index contributed by atoms with van der Waals surface area (Å²) in [4.78, 5) is 16.5. The minimum Gasteiger partial charge on any atom is -0.464 e. The lowest BCUT2D eigenvalue weighted by Gasteiger charge is -2.26. The standard InChI is InChI=1S/C16H13ClN2O2/c1-21-16(20)15-14(10-6-8-11(17)9-7-10)18-12-4-2-3-5-13(12)19-15/h2-9,14,18H,1H3. The van der Waals surface area contributed by atoms with Gasteiger partial charge in [-0.05, 0) is 29.8 Å². The first-order valence-electron chi connectivity index (χ1n) is 6.47. The topological polar surface area (TPSA) is 50.7 Å². The smallest absolute Gasteiger partial charge is 0.354 e. The number of fused-ring (bicyclic) bond motifs is 1. The number of carbonyl (C=O) groups excluding carboxylic acids is 1. The summed E-state index contributed by atoms with van der Waals surface area (Å²) < 4.78 is 4.84. The molecule has 3 rings (SSSR count). The third kappa shape index (κ3) is 2.62. The minimum atomic E-state index is -0.447. The summed E-state index contributed by atoms with van der Waals surface area (Å²) in [6.45, 7) is 0. The number of nitrogens with one attached hydrogen (secondary N) is 1. The maximum absolute atomic E-state index is 12.0. The highest BCUT2D eigenvalue weighted by Gasteiger charge is 2.29. The van der Waals surface area contributed by atoms with Crippen LogP contribution in [-0.2, 0) is 9.53 Å². The van der Waals surface area contributed by atoms with Gasteiger partial charge in [0, 0.05) is 5.02 Å². The molecule has 0 radical (unpaired) electrons. The number of ether oxygens (including phenoxy) is 1. The summed E-state index contributed by atoms with van der Waals surface area (Å²) in [5, 5.41) is 3.97. The van der Waals surface area contributed by atoms with Crippen molar-refractivity contribution in [1.82, 2.24) is 0 Å². The molecular formula is C16H13ClN2O2. The van der Waals surface area contributed by atoms with Crippen molar-refractivity contribution in [3.05, 3.63) is 59.1 Å². The average Bonchev–Trinajstić information content (AvgIpc) is 2.53. The fourth-order valence-corrected chi connectivity index (χ4v) is 2.40. The summed E-state index contributed by atoms with van der Waals surface area (Å²) in [5.74, 6) is -0.447. The van der Waals surface area contributed by atoms with Crippen LogP contribution in [0.25, 0.3) is 0 Å². The SMILES string of the molecule is COC(=O)C1=Nc2ccccc2NC1c1ccc(Cl)cc1. The van der Waals surface area contributed by atoms with Crippen LogP contribution in [0.3, 0.4) is 0 Å². The van der Waals surface area contributed by atoms with E-state index in [9.17, 15) is 4.79 Å². The normalized spacial score (nSPS) is 16.5. The Bertz CT molecular complexity index is 710. The van der Waals surface area contributed by atoms with Crippen LogP contribution < -0.4 is 5.32 Å². The van der Waals surface area contributed by atoms with Crippen molar-refractivity contribution in [2.75, 3.05) is 12.4 Å². The molecule has 1 atom stereocenters. The molecule has 21 heavy (non-hydrogen) atoms. The third-order valence-electron chi connectivity index (χ3n) is 3.32. The summed E-state index contributed by atoms with van der Waals surface area (Å²) >= 11 is 5.92. The van der Waals surface area contributed by atoms with Gasteiger partial charge in [-0.25, -0.2) is 9.79 Å². The molecule has 1 N–H and O–H groups in total. The van der Waals surface area contributed by atoms with Gasteiger partial charge in [-0.2, -0.15) is 0 Å². The maximum Gasteiger partial charge on any atom is 0.354 e. The monoisotopic (exact) mass is 300 g/mol. The molecule has 1 aliphatic rings. The van der Waals surface area contributed by atoms with Crippen LogP contribution in [-0.4, -0.2) is 18.8 Å². The summed E-state index contributed by atoms with van der Waals surface area (Å²) in [6.07, 6.45) is 0. The number of hydrogen-bond donors (Lipinski definition) is 1. The van der Waals surface area contributed by atoms with E-state index in [4.69, 9.17) is 16.3 Å². The number of para-hydroxylation sites is 2. The van der Waals surface area contributed by atoms with Gasteiger partial charge in [-0.3, -0.25) is 0 Å². The van der Waals surface area contributed by atoms with E-state index >= 15 is 0 Å². The molecule has 0 saturated carbocycles. The fourth-order valence-electron chi connectivity index (χ4n) is 2.28. The van der Waals surface area contributed by atoms with E-state index in [2.05, 4.69) is 10.3 Å². The zero-order valence-corrected chi connectivity index (χ0v) is 12.1. The number of aliphatic imine (C=N–C) groups is 1. The molecule has 4 nitrogen and oxygen atoms in total. The highest BCUT2D eigenvalue weighted by atomic mass is 35.5. The lowest BCUT2D eigenvalue weighted by molar-refractivity contribution is -0.132. The van der Waals surface area contributed by atoms with E-state index in [1.165, 1.54) is 7.11 Å². The number of carbonyl (C=O) groups is 1. The van der Waals surface area contributed by atoms with E-state index in [1.54, 1.807) is 12.1 Å². The van der Waals surface area contributed by atoms with Crippen LogP contribution >= 0.6 is 11.6 Å². The average molecular weight is 301 g/mol. The number of anilines is 1. The Morgan fingerprint density at radius 3 is 2.62 bits per heavy atom. The molecule has 0 spiro atoms. The molecule has 0 amide bonds. The van der Waals surface area contributed by atoms with Gasteiger partial charge in [0.2, 0.25) is 0 Å². The van der Waals surface area contributed by atoms with E-state index in [0.717, 1.165) is 16.9 Å². The molecule has 106 valence electrons. The second kappa shape index (κ2) is 5.58. The molecule has 1 aliphatic heterocycles. The molecule has 2 aromatic rings. The van der Waals surface area contributed by atoms with Crippen molar-refractivity contribution in [2.24, 2.45) is 4.99 Å². The molecule has 0 bridgehead atoms. The Labute approximate surface area is 127 Å². The zero-order valence-electron chi connectivity index (χ0n) is 11.3. The molecule has 0 aliphatic carbocycles. The van der Waals surface area contributed by atoms with Crippen LogP contribution in [0.5, 0.6) is 0 Å². The fraction of sp³-hybridized carbons (Fsp3) is 0.125. The van der Waals surface area contributed by atoms with Crippen molar-refractivity contribution in [3.8, 4) is 0 Å². The van der Waals surface area contributed by atoms with Crippen LogP contribution in [0.2, 0.25) is 5.02 Å². The van der Waals surface area contributed by atoms with Gasteiger partial charge in [-0.1, -0.05) is 35.9 Å². The van der Waals surface area contributed by atoms with E-state index in [1.807, 2.05) is 36.4 Å². The zero-order chi connectivity index (χ0) is 14.8. The van der Waals surface area contributed by atoms with Crippen molar-refractivity contribution in [3.63, 3.8) is 0 Å². The lowest BCUT2D eigenvalue weighted by Crippen LogP contribution is -2.31. The minimum absolute atomic E-state index is 0.332. The van der Waals surface area contributed by atoms with Crippen molar-refractivity contribution >= 4 is 34.7 Å². The molecule has 0 saturated heterocycles. The van der Waals surface area contributed by atoms with Crippen molar-refractivity contribution < 1.29 is 9.53 Å². The van der Waals surface area contributed by atoms with Crippen molar-refractivity contribution in [1.29, 1.82) is 0 Å². The molecule has 0 fully saturated rings. The number of rotatable bonds is 2. The predicted octanol–water partition coefficient (Wildman–Crippen LogP) is 3.75. The number of methoxy groups -OCH3 is 1. The number of halogens is 1. The van der Waals surface area contributed by atoms with Crippen LogP contribution in [0.15, 0.2) is 53.5 Å². The van der Waals surface area contributed by atoms with Gasteiger partial charge >= 0.3 is 5.97 Å². The molecule has 0 aromatic heterocycles. The van der Waals surface area contributed by atoms with E-state index < -0.39 is 5.97 Å². The first kappa shape index (κ1) is 13.6. The number of benzene rings is 2. The third-order valence-corrected chi connectivity index (χ3v) is 3.57. The Morgan fingerprint density at radius 1 is 1.19 bits per heavy atom. The lowest BCUT2D eigenvalue weighted by atomic mass is 9.99. The maximum atomic E-state index is 12.0.